The second-order valence-corrected chi connectivity index (χ2v) is 6.28. The van der Waals surface area contributed by atoms with E-state index in [-0.39, 0.29) is 5.91 Å². The maximum atomic E-state index is 12.5. The maximum absolute atomic E-state index is 12.5. The first-order valence-electron chi connectivity index (χ1n) is 6.75. The number of nitrogen functional groups attached to an aromatic ring is 1. The number of benzene rings is 1. The molecular formula is C15H18N2OS. The van der Waals surface area contributed by atoms with Crippen LogP contribution in [0.3, 0.4) is 0 Å². The van der Waals surface area contributed by atoms with E-state index in [2.05, 4.69) is 0 Å². The molecule has 1 aliphatic carbocycles. The molecule has 4 heteroatoms. The molecule has 100 valence electrons. The largest absolute Gasteiger partial charge is 0.399 e. The summed E-state index contributed by atoms with van der Waals surface area (Å²) in [5.41, 5.74) is 6.52. The molecule has 0 aliphatic heterocycles. The van der Waals surface area contributed by atoms with E-state index in [4.69, 9.17) is 5.73 Å². The average molecular weight is 274 g/mol. The van der Waals surface area contributed by atoms with Crippen molar-refractivity contribution in [3.8, 4) is 0 Å². The van der Waals surface area contributed by atoms with E-state index in [0.717, 1.165) is 39.7 Å². The predicted molar refractivity (Wildman–Crippen MR) is 80.5 cm³/mol. The number of fused-ring (bicyclic) bond motifs is 1. The lowest BCUT2D eigenvalue weighted by Crippen LogP contribution is -2.32. The van der Waals surface area contributed by atoms with Gasteiger partial charge in [0.15, 0.2) is 0 Å². The molecule has 0 saturated heterocycles. The molecule has 3 rings (SSSR count). The van der Waals surface area contributed by atoms with Crippen molar-refractivity contribution in [2.75, 3.05) is 18.8 Å². The third-order valence-corrected chi connectivity index (χ3v) is 4.70. The first-order chi connectivity index (χ1) is 9.17. The molecular weight excluding hydrogens is 256 g/mol. The molecule has 1 aromatic carbocycles. The number of nitrogens with two attached hydrogens (primary N) is 1. The average Bonchev–Trinajstić information content (AvgIpc) is 3.12. The molecule has 3 nitrogen and oxygen atoms in total. The van der Waals surface area contributed by atoms with Crippen molar-refractivity contribution in [1.82, 2.24) is 4.90 Å². The lowest BCUT2D eigenvalue weighted by atomic mass is 10.2. The van der Waals surface area contributed by atoms with Crippen molar-refractivity contribution in [2.45, 2.75) is 19.8 Å². The van der Waals surface area contributed by atoms with Gasteiger partial charge >= 0.3 is 0 Å². The normalized spacial score (nSPS) is 14.8. The van der Waals surface area contributed by atoms with Gasteiger partial charge in [0.1, 0.15) is 0 Å². The fraction of sp³-hybridized carbons (Fsp3) is 0.400. The Bertz CT molecular complexity index is 616. The summed E-state index contributed by atoms with van der Waals surface area (Å²) in [4.78, 5) is 15.3. The Balaban J connectivity index is 1.87. The van der Waals surface area contributed by atoms with Crippen molar-refractivity contribution < 1.29 is 4.79 Å². The van der Waals surface area contributed by atoms with Crippen LogP contribution in [0.5, 0.6) is 0 Å². The molecule has 0 spiro atoms. The number of hydrogen-bond acceptors (Lipinski definition) is 3. The Morgan fingerprint density at radius 1 is 1.42 bits per heavy atom. The fourth-order valence-corrected chi connectivity index (χ4v) is 3.30. The Morgan fingerprint density at radius 2 is 2.21 bits per heavy atom. The second kappa shape index (κ2) is 4.85. The minimum absolute atomic E-state index is 0.161. The summed E-state index contributed by atoms with van der Waals surface area (Å²) >= 11 is 1.56. The van der Waals surface area contributed by atoms with E-state index in [9.17, 15) is 4.79 Å². The van der Waals surface area contributed by atoms with Crippen molar-refractivity contribution >= 4 is 33.0 Å². The van der Waals surface area contributed by atoms with Crippen LogP contribution >= 0.6 is 11.3 Å². The number of carbonyl (C=O) groups is 1. The molecule has 1 amide bonds. The standard InChI is InChI=1S/C15H18N2OS/c1-2-17(9-10-3-4-10)15(18)14-8-11-7-12(16)5-6-13(11)19-14/h5-8,10H,2-4,9,16H2,1H3. The van der Waals surface area contributed by atoms with Crippen LogP contribution < -0.4 is 5.73 Å². The summed E-state index contributed by atoms with van der Waals surface area (Å²) in [6, 6.07) is 7.77. The summed E-state index contributed by atoms with van der Waals surface area (Å²) in [5.74, 6) is 0.892. The van der Waals surface area contributed by atoms with Crippen molar-refractivity contribution in [2.24, 2.45) is 5.92 Å². The van der Waals surface area contributed by atoms with E-state index in [0.29, 0.717) is 0 Å². The number of nitrogens with zero attached hydrogens (tertiary/aromatic N) is 1. The van der Waals surface area contributed by atoms with E-state index in [1.54, 1.807) is 11.3 Å². The third kappa shape index (κ3) is 2.59. The van der Waals surface area contributed by atoms with E-state index < -0.39 is 0 Å². The van der Waals surface area contributed by atoms with Gasteiger partial charge in [0.2, 0.25) is 0 Å². The highest BCUT2D eigenvalue weighted by atomic mass is 32.1. The zero-order valence-corrected chi connectivity index (χ0v) is 11.9. The summed E-state index contributed by atoms with van der Waals surface area (Å²) in [5, 5.41) is 1.07. The van der Waals surface area contributed by atoms with Gasteiger partial charge < -0.3 is 10.6 Å². The molecule has 2 N–H and O–H groups in total. The van der Waals surface area contributed by atoms with E-state index >= 15 is 0 Å². The topological polar surface area (TPSA) is 46.3 Å². The van der Waals surface area contributed by atoms with Crippen molar-refractivity contribution in [1.29, 1.82) is 0 Å². The van der Waals surface area contributed by atoms with Gasteiger partial charge in [-0.2, -0.15) is 0 Å². The number of hydrogen-bond donors (Lipinski definition) is 1. The van der Waals surface area contributed by atoms with Crippen LogP contribution in [0.2, 0.25) is 0 Å². The lowest BCUT2D eigenvalue weighted by molar-refractivity contribution is 0.0762. The second-order valence-electron chi connectivity index (χ2n) is 5.20. The minimum Gasteiger partial charge on any atom is -0.399 e. The van der Waals surface area contributed by atoms with Crippen LogP contribution in [0.25, 0.3) is 10.1 Å². The van der Waals surface area contributed by atoms with Gasteiger partial charge in [0.25, 0.3) is 5.91 Å². The first kappa shape index (κ1) is 12.5. The highest BCUT2D eigenvalue weighted by molar-refractivity contribution is 7.20. The van der Waals surface area contributed by atoms with Gasteiger partial charge in [-0.1, -0.05) is 0 Å². The Morgan fingerprint density at radius 3 is 2.89 bits per heavy atom. The van der Waals surface area contributed by atoms with Crippen LogP contribution in [0, 0.1) is 5.92 Å². The van der Waals surface area contributed by atoms with Gasteiger partial charge in [-0.3, -0.25) is 4.79 Å². The van der Waals surface area contributed by atoms with Gasteiger partial charge in [-0.05, 0) is 55.3 Å². The monoisotopic (exact) mass is 274 g/mol. The van der Waals surface area contributed by atoms with Gasteiger partial charge in [-0.15, -0.1) is 11.3 Å². The molecule has 1 saturated carbocycles. The summed E-state index contributed by atoms with van der Waals surface area (Å²) in [7, 11) is 0. The zero-order valence-electron chi connectivity index (χ0n) is 11.1. The Kier molecular flexibility index (Phi) is 3.19. The molecule has 2 aromatic rings. The summed E-state index contributed by atoms with van der Waals surface area (Å²) in [6.45, 7) is 3.74. The van der Waals surface area contributed by atoms with Gasteiger partial charge in [-0.25, -0.2) is 0 Å². The minimum atomic E-state index is 0.161. The third-order valence-electron chi connectivity index (χ3n) is 3.60. The molecule has 1 fully saturated rings. The van der Waals surface area contributed by atoms with Crippen LogP contribution in [0.15, 0.2) is 24.3 Å². The molecule has 0 bridgehead atoms. The van der Waals surface area contributed by atoms with Gasteiger partial charge in [0.05, 0.1) is 4.88 Å². The fourth-order valence-electron chi connectivity index (χ4n) is 2.29. The van der Waals surface area contributed by atoms with Gasteiger partial charge in [0, 0.05) is 23.5 Å². The number of thiophene rings is 1. The highest BCUT2D eigenvalue weighted by Gasteiger charge is 2.27. The smallest absolute Gasteiger partial charge is 0.263 e. The first-order valence-corrected chi connectivity index (χ1v) is 7.57. The van der Waals surface area contributed by atoms with E-state index in [1.165, 1.54) is 12.8 Å². The van der Waals surface area contributed by atoms with Crippen LogP contribution in [0.1, 0.15) is 29.4 Å². The maximum Gasteiger partial charge on any atom is 0.263 e. The Labute approximate surface area is 117 Å². The SMILES string of the molecule is CCN(CC1CC1)C(=O)c1cc2cc(N)ccc2s1. The molecule has 0 unspecified atom stereocenters. The molecule has 0 radical (unpaired) electrons. The van der Waals surface area contributed by atoms with Crippen LogP contribution in [0.4, 0.5) is 5.69 Å². The zero-order chi connectivity index (χ0) is 13.4. The molecule has 0 atom stereocenters. The molecule has 19 heavy (non-hydrogen) atoms. The number of amides is 1. The van der Waals surface area contributed by atoms with Crippen molar-refractivity contribution in [3.05, 3.63) is 29.1 Å². The summed E-state index contributed by atoms with van der Waals surface area (Å²) < 4.78 is 1.13. The van der Waals surface area contributed by atoms with Crippen LogP contribution in [-0.2, 0) is 0 Å². The number of rotatable bonds is 4. The lowest BCUT2D eigenvalue weighted by Gasteiger charge is -2.19. The predicted octanol–water partition coefficient (Wildman–Crippen LogP) is 3.36. The quantitative estimate of drug-likeness (QED) is 0.869. The number of anilines is 1. The molecule has 1 aromatic heterocycles. The van der Waals surface area contributed by atoms with Crippen LogP contribution in [-0.4, -0.2) is 23.9 Å². The van der Waals surface area contributed by atoms with Crippen molar-refractivity contribution in [3.63, 3.8) is 0 Å². The number of carbonyl (C=O) groups excluding carboxylic acids is 1. The highest BCUT2D eigenvalue weighted by Crippen LogP contribution is 2.32. The Hall–Kier alpha value is -1.55. The van der Waals surface area contributed by atoms with E-state index in [1.807, 2.05) is 36.1 Å². The summed E-state index contributed by atoms with van der Waals surface area (Å²) in [6.07, 6.45) is 2.54. The molecule has 1 heterocycles. The molecule has 1 aliphatic rings.